The molecule has 0 aliphatic carbocycles. The number of aromatic nitrogens is 1. The van der Waals surface area contributed by atoms with Gasteiger partial charge in [-0.25, -0.2) is 9.78 Å². The highest BCUT2D eigenvalue weighted by atomic mass is 35.5. The van der Waals surface area contributed by atoms with Crippen molar-refractivity contribution in [1.29, 1.82) is 0 Å². The van der Waals surface area contributed by atoms with Crippen molar-refractivity contribution in [2.24, 2.45) is 0 Å². The summed E-state index contributed by atoms with van der Waals surface area (Å²) in [6, 6.07) is 8.58. The third-order valence-corrected chi connectivity index (χ3v) is 4.18. The predicted molar refractivity (Wildman–Crippen MR) is 103 cm³/mol. The largest absolute Gasteiger partial charge is 0.449 e. The van der Waals surface area contributed by atoms with Crippen molar-refractivity contribution in [3.05, 3.63) is 57.7 Å². The lowest BCUT2D eigenvalue weighted by Crippen LogP contribution is -2.30. The maximum absolute atomic E-state index is 12.2. The zero-order chi connectivity index (χ0) is 19.5. The van der Waals surface area contributed by atoms with Crippen LogP contribution in [-0.2, 0) is 14.9 Å². The number of amides is 1. The van der Waals surface area contributed by atoms with Gasteiger partial charge in [-0.2, -0.15) is 0 Å². The third kappa shape index (κ3) is 5.19. The van der Waals surface area contributed by atoms with E-state index >= 15 is 0 Å². The molecule has 1 atom stereocenters. The van der Waals surface area contributed by atoms with Crippen LogP contribution in [0.2, 0.25) is 10.0 Å². The molecule has 26 heavy (non-hydrogen) atoms. The Bertz CT molecular complexity index is 815. The molecular weight excluding hydrogens is 375 g/mol. The van der Waals surface area contributed by atoms with Gasteiger partial charge in [-0.3, -0.25) is 4.79 Å². The van der Waals surface area contributed by atoms with Crippen molar-refractivity contribution in [2.75, 3.05) is 5.32 Å². The van der Waals surface area contributed by atoms with E-state index in [1.54, 1.807) is 12.1 Å². The average molecular weight is 395 g/mol. The molecule has 2 aromatic rings. The average Bonchev–Trinajstić information content (AvgIpc) is 2.56. The minimum Gasteiger partial charge on any atom is -0.449 e. The first kappa shape index (κ1) is 20.2. The normalized spacial score (nSPS) is 12.4. The number of benzene rings is 1. The van der Waals surface area contributed by atoms with Crippen LogP contribution in [0.3, 0.4) is 0 Å². The molecule has 1 amide bonds. The van der Waals surface area contributed by atoms with Gasteiger partial charge in [0.05, 0.1) is 15.6 Å². The lowest BCUT2D eigenvalue weighted by atomic mass is 9.87. The van der Waals surface area contributed by atoms with Gasteiger partial charge in [0.2, 0.25) is 0 Å². The molecule has 1 unspecified atom stereocenters. The van der Waals surface area contributed by atoms with Crippen LogP contribution in [0.4, 0.5) is 5.82 Å². The molecule has 0 spiro atoms. The zero-order valence-electron chi connectivity index (χ0n) is 15.0. The van der Waals surface area contributed by atoms with Gasteiger partial charge in [0, 0.05) is 6.20 Å². The summed E-state index contributed by atoms with van der Waals surface area (Å²) >= 11 is 11.7. The Morgan fingerprint density at radius 2 is 1.77 bits per heavy atom. The number of nitrogens with zero attached hydrogens (tertiary/aromatic N) is 1. The summed E-state index contributed by atoms with van der Waals surface area (Å²) in [5.74, 6) is -0.969. The van der Waals surface area contributed by atoms with E-state index in [0.717, 1.165) is 5.56 Å². The van der Waals surface area contributed by atoms with Crippen LogP contribution in [-0.4, -0.2) is 23.0 Å². The van der Waals surface area contributed by atoms with E-state index in [0.29, 0.717) is 10.6 Å². The van der Waals surface area contributed by atoms with E-state index in [9.17, 15) is 9.59 Å². The minimum absolute atomic E-state index is 0.0134. The number of carbonyl (C=O) groups excluding carboxylic acids is 2. The van der Waals surface area contributed by atoms with Crippen LogP contribution < -0.4 is 5.32 Å². The van der Waals surface area contributed by atoms with E-state index in [2.05, 4.69) is 31.1 Å². The molecule has 0 fully saturated rings. The fraction of sp³-hybridized carbons (Fsp3) is 0.316. The summed E-state index contributed by atoms with van der Waals surface area (Å²) in [5, 5.41) is 3.05. The maximum atomic E-state index is 12.2. The van der Waals surface area contributed by atoms with Crippen LogP contribution in [0, 0.1) is 0 Å². The molecular formula is C19H20Cl2N2O3. The van der Waals surface area contributed by atoms with Crippen LogP contribution >= 0.6 is 23.2 Å². The maximum Gasteiger partial charge on any atom is 0.338 e. The second-order valence-electron chi connectivity index (χ2n) is 6.85. The number of halogens is 2. The van der Waals surface area contributed by atoms with E-state index in [1.807, 2.05) is 12.1 Å². The summed E-state index contributed by atoms with van der Waals surface area (Å²) < 4.78 is 5.21. The quantitative estimate of drug-likeness (QED) is 0.750. The molecule has 0 saturated heterocycles. The second-order valence-corrected chi connectivity index (χ2v) is 7.69. The first-order valence-corrected chi connectivity index (χ1v) is 8.77. The number of hydrogen-bond donors (Lipinski definition) is 1. The van der Waals surface area contributed by atoms with Gasteiger partial charge in [-0.05, 0) is 36.1 Å². The number of anilines is 1. The number of nitrogens with one attached hydrogen (secondary N) is 1. The Morgan fingerprint density at radius 3 is 2.31 bits per heavy atom. The molecule has 0 bridgehead atoms. The zero-order valence-corrected chi connectivity index (χ0v) is 16.5. The standard InChI is InChI=1S/C19H20Cl2N2O3/c1-11(17(24)23-16-15(21)9-14(20)10-22-16)26-18(25)12-5-7-13(8-6-12)19(2,3)4/h5-11H,1-4H3,(H,22,23,24). The Balaban J connectivity index is 2.00. The van der Waals surface area contributed by atoms with E-state index in [4.69, 9.17) is 27.9 Å². The topological polar surface area (TPSA) is 68.3 Å². The Hall–Kier alpha value is -2.11. The van der Waals surface area contributed by atoms with Gasteiger partial charge in [0.1, 0.15) is 0 Å². The summed E-state index contributed by atoms with van der Waals surface area (Å²) in [6.07, 6.45) is 0.342. The summed E-state index contributed by atoms with van der Waals surface area (Å²) in [6.45, 7) is 7.73. The molecule has 5 nitrogen and oxygen atoms in total. The van der Waals surface area contributed by atoms with Crippen LogP contribution in [0.15, 0.2) is 36.5 Å². The van der Waals surface area contributed by atoms with Gasteiger partial charge < -0.3 is 10.1 Å². The van der Waals surface area contributed by atoms with Crippen molar-refractivity contribution in [3.63, 3.8) is 0 Å². The van der Waals surface area contributed by atoms with Crippen LogP contribution in [0.5, 0.6) is 0 Å². The number of esters is 1. The van der Waals surface area contributed by atoms with Crippen molar-refractivity contribution in [1.82, 2.24) is 4.98 Å². The van der Waals surface area contributed by atoms with Crippen LogP contribution in [0.25, 0.3) is 0 Å². The molecule has 138 valence electrons. The van der Waals surface area contributed by atoms with Crippen molar-refractivity contribution in [2.45, 2.75) is 39.2 Å². The molecule has 0 aliphatic heterocycles. The molecule has 1 aromatic carbocycles. The van der Waals surface area contributed by atoms with E-state index in [-0.39, 0.29) is 16.3 Å². The molecule has 1 N–H and O–H groups in total. The monoisotopic (exact) mass is 394 g/mol. The van der Waals surface area contributed by atoms with Crippen LogP contribution in [0.1, 0.15) is 43.6 Å². The summed E-state index contributed by atoms with van der Waals surface area (Å²) in [7, 11) is 0. The highest BCUT2D eigenvalue weighted by Gasteiger charge is 2.21. The minimum atomic E-state index is -1.02. The molecule has 1 heterocycles. The fourth-order valence-electron chi connectivity index (χ4n) is 2.11. The number of hydrogen-bond acceptors (Lipinski definition) is 4. The predicted octanol–water partition coefficient (Wildman–Crippen LogP) is 4.87. The number of pyridine rings is 1. The summed E-state index contributed by atoms with van der Waals surface area (Å²) in [4.78, 5) is 28.3. The molecule has 0 radical (unpaired) electrons. The Kier molecular flexibility index (Phi) is 6.26. The third-order valence-electron chi connectivity index (χ3n) is 3.69. The molecule has 0 aliphatic rings. The highest BCUT2D eigenvalue weighted by molar-refractivity contribution is 6.36. The Morgan fingerprint density at radius 1 is 1.15 bits per heavy atom. The second kappa shape index (κ2) is 8.06. The number of rotatable bonds is 4. The SMILES string of the molecule is CC(OC(=O)c1ccc(C(C)(C)C)cc1)C(=O)Nc1ncc(Cl)cc1Cl. The van der Waals surface area contributed by atoms with Gasteiger partial charge >= 0.3 is 5.97 Å². The first-order chi connectivity index (χ1) is 12.1. The molecule has 0 saturated carbocycles. The highest BCUT2D eigenvalue weighted by Crippen LogP contribution is 2.24. The van der Waals surface area contributed by atoms with E-state index < -0.39 is 18.0 Å². The van der Waals surface area contributed by atoms with Crippen molar-refractivity contribution >= 4 is 40.9 Å². The number of ether oxygens (including phenoxy) is 1. The van der Waals surface area contributed by atoms with Crippen molar-refractivity contribution in [3.8, 4) is 0 Å². The Labute approximate surface area is 162 Å². The van der Waals surface area contributed by atoms with Crippen molar-refractivity contribution < 1.29 is 14.3 Å². The van der Waals surface area contributed by atoms with Gasteiger partial charge in [0.25, 0.3) is 5.91 Å². The molecule has 2 rings (SSSR count). The first-order valence-electron chi connectivity index (χ1n) is 8.01. The summed E-state index contributed by atoms with van der Waals surface area (Å²) in [5.41, 5.74) is 1.46. The molecule has 1 aromatic heterocycles. The fourth-order valence-corrected chi connectivity index (χ4v) is 2.54. The van der Waals surface area contributed by atoms with Gasteiger partial charge in [-0.1, -0.05) is 56.1 Å². The van der Waals surface area contributed by atoms with E-state index in [1.165, 1.54) is 19.2 Å². The van der Waals surface area contributed by atoms with Gasteiger partial charge in [0.15, 0.2) is 11.9 Å². The molecule has 7 heteroatoms. The van der Waals surface area contributed by atoms with Gasteiger partial charge in [-0.15, -0.1) is 0 Å². The lowest BCUT2D eigenvalue weighted by molar-refractivity contribution is -0.123. The lowest BCUT2D eigenvalue weighted by Gasteiger charge is -2.19. The smallest absolute Gasteiger partial charge is 0.338 e. The number of carbonyl (C=O) groups is 2.